The molecule has 0 radical (unpaired) electrons. The lowest BCUT2D eigenvalue weighted by Crippen LogP contribution is -2.35. The first-order valence-electron chi connectivity index (χ1n) is 9.29. The molecule has 0 saturated carbocycles. The lowest BCUT2D eigenvalue weighted by molar-refractivity contribution is 0.0785. The van der Waals surface area contributed by atoms with Crippen LogP contribution in [-0.2, 0) is 16.6 Å². The Morgan fingerprint density at radius 1 is 0.963 bits per heavy atom. The first kappa shape index (κ1) is 19.6. The normalized spacial score (nSPS) is 15.5. The van der Waals surface area contributed by atoms with Gasteiger partial charge in [-0.1, -0.05) is 36.2 Å². The minimum absolute atomic E-state index is 0.127. The molecule has 0 atom stereocenters. The molecule has 3 rings (SSSR count). The fourth-order valence-corrected chi connectivity index (χ4v) is 4.80. The van der Waals surface area contributed by atoms with E-state index in [9.17, 15) is 13.2 Å². The van der Waals surface area contributed by atoms with E-state index >= 15 is 0 Å². The van der Waals surface area contributed by atoms with Crippen molar-refractivity contribution in [1.29, 1.82) is 0 Å². The Hall–Kier alpha value is -2.18. The summed E-state index contributed by atoms with van der Waals surface area (Å²) in [4.78, 5) is 14.5. The van der Waals surface area contributed by atoms with Crippen LogP contribution in [0.25, 0.3) is 0 Å². The lowest BCUT2D eigenvalue weighted by Gasteiger charge is -2.26. The standard InChI is InChI=1S/C21H26N2O3S/c1-17-6-8-18(9-7-17)16-22(2)21(24)19-10-12-20(13-11-19)27(25,26)23-14-4-3-5-15-23/h6-13H,3-5,14-16H2,1-2H3. The van der Waals surface area contributed by atoms with Gasteiger partial charge in [-0.15, -0.1) is 0 Å². The Morgan fingerprint density at radius 2 is 1.56 bits per heavy atom. The number of amides is 1. The highest BCUT2D eigenvalue weighted by Crippen LogP contribution is 2.21. The van der Waals surface area contributed by atoms with Crippen LogP contribution in [0.4, 0.5) is 0 Å². The summed E-state index contributed by atoms with van der Waals surface area (Å²) in [6.07, 6.45) is 2.88. The molecule has 2 aromatic rings. The van der Waals surface area contributed by atoms with Gasteiger partial charge in [0.1, 0.15) is 0 Å². The number of carbonyl (C=O) groups excluding carboxylic acids is 1. The maximum absolute atomic E-state index is 12.7. The third-order valence-corrected chi connectivity index (χ3v) is 6.85. The summed E-state index contributed by atoms with van der Waals surface area (Å²) in [5.41, 5.74) is 2.72. The Balaban J connectivity index is 1.70. The van der Waals surface area contributed by atoms with Crippen molar-refractivity contribution in [3.8, 4) is 0 Å². The average molecular weight is 387 g/mol. The summed E-state index contributed by atoms with van der Waals surface area (Å²) in [5, 5.41) is 0. The van der Waals surface area contributed by atoms with Gasteiger partial charge in [0.15, 0.2) is 0 Å². The molecule has 6 heteroatoms. The fourth-order valence-electron chi connectivity index (χ4n) is 3.28. The topological polar surface area (TPSA) is 57.7 Å². The number of sulfonamides is 1. The van der Waals surface area contributed by atoms with Crippen LogP contribution in [0, 0.1) is 6.92 Å². The van der Waals surface area contributed by atoms with Gasteiger partial charge in [0.05, 0.1) is 4.90 Å². The summed E-state index contributed by atoms with van der Waals surface area (Å²) >= 11 is 0. The highest BCUT2D eigenvalue weighted by atomic mass is 32.2. The Morgan fingerprint density at radius 3 is 2.15 bits per heavy atom. The summed E-state index contributed by atoms with van der Waals surface area (Å²) in [5.74, 6) is -0.127. The quantitative estimate of drug-likeness (QED) is 0.791. The third kappa shape index (κ3) is 4.57. The van der Waals surface area contributed by atoms with Crippen molar-refractivity contribution in [3.63, 3.8) is 0 Å². The van der Waals surface area contributed by atoms with Gasteiger partial charge in [-0.25, -0.2) is 8.42 Å². The van der Waals surface area contributed by atoms with Crippen molar-refractivity contribution in [2.24, 2.45) is 0 Å². The van der Waals surface area contributed by atoms with Gasteiger partial charge in [0.2, 0.25) is 10.0 Å². The number of nitrogens with zero attached hydrogens (tertiary/aromatic N) is 2. The van der Waals surface area contributed by atoms with Crippen LogP contribution in [0.15, 0.2) is 53.4 Å². The van der Waals surface area contributed by atoms with Gasteiger partial charge >= 0.3 is 0 Å². The second-order valence-corrected chi connectivity index (χ2v) is 9.07. The van der Waals surface area contributed by atoms with E-state index in [-0.39, 0.29) is 10.8 Å². The molecule has 2 aromatic carbocycles. The van der Waals surface area contributed by atoms with Crippen LogP contribution in [-0.4, -0.2) is 43.7 Å². The third-order valence-electron chi connectivity index (χ3n) is 4.94. The number of hydrogen-bond acceptors (Lipinski definition) is 3. The minimum atomic E-state index is -3.47. The number of benzene rings is 2. The molecule has 0 N–H and O–H groups in total. The van der Waals surface area contributed by atoms with Crippen molar-refractivity contribution < 1.29 is 13.2 Å². The molecule has 1 aliphatic rings. The Labute approximate surface area is 161 Å². The van der Waals surface area contributed by atoms with Gasteiger partial charge in [-0.3, -0.25) is 4.79 Å². The molecule has 0 aliphatic carbocycles. The highest BCUT2D eigenvalue weighted by molar-refractivity contribution is 7.89. The lowest BCUT2D eigenvalue weighted by atomic mass is 10.1. The van der Waals surface area contributed by atoms with Crippen molar-refractivity contribution >= 4 is 15.9 Å². The van der Waals surface area contributed by atoms with E-state index in [0.717, 1.165) is 24.8 Å². The van der Waals surface area contributed by atoms with E-state index in [1.807, 2.05) is 31.2 Å². The molecule has 1 amide bonds. The Bertz CT molecular complexity index is 884. The van der Waals surface area contributed by atoms with Crippen LogP contribution < -0.4 is 0 Å². The number of rotatable bonds is 5. The zero-order valence-electron chi connectivity index (χ0n) is 15.9. The Kier molecular flexibility index (Phi) is 5.97. The molecule has 0 spiro atoms. The van der Waals surface area contributed by atoms with E-state index < -0.39 is 10.0 Å². The molecule has 5 nitrogen and oxygen atoms in total. The molecule has 1 saturated heterocycles. The van der Waals surface area contributed by atoms with Gasteiger partial charge < -0.3 is 4.90 Å². The monoisotopic (exact) mass is 386 g/mol. The molecule has 144 valence electrons. The molecule has 1 heterocycles. The molecular formula is C21H26N2O3S. The van der Waals surface area contributed by atoms with E-state index in [2.05, 4.69) is 0 Å². The van der Waals surface area contributed by atoms with Gasteiger partial charge in [-0.2, -0.15) is 4.31 Å². The first-order valence-corrected chi connectivity index (χ1v) is 10.7. The van der Waals surface area contributed by atoms with Crippen LogP contribution in [0.3, 0.4) is 0 Å². The summed E-state index contributed by atoms with van der Waals surface area (Å²) < 4.78 is 26.9. The SMILES string of the molecule is Cc1ccc(CN(C)C(=O)c2ccc(S(=O)(=O)N3CCCCC3)cc2)cc1. The summed E-state index contributed by atoms with van der Waals surface area (Å²) in [6.45, 7) is 3.68. The van der Waals surface area contributed by atoms with Crippen molar-refractivity contribution in [2.45, 2.75) is 37.6 Å². The predicted octanol–water partition coefficient (Wildman–Crippen LogP) is 3.44. The number of piperidine rings is 1. The van der Waals surface area contributed by atoms with Gasteiger partial charge in [0, 0.05) is 32.2 Å². The fraction of sp³-hybridized carbons (Fsp3) is 0.381. The molecule has 0 aromatic heterocycles. The van der Waals surface area contributed by atoms with Crippen molar-refractivity contribution in [3.05, 3.63) is 65.2 Å². The van der Waals surface area contributed by atoms with Crippen molar-refractivity contribution in [1.82, 2.24) is 9.21 Å². The highest BCUT2D eigenvalue weighted by Gasteiger charge is 2.26. The number of hydrogen-bond donors (Lipinski definition) is 0. The smallest absolute Gasteiger partial charge is 0.253 e. The zero-order valence-corrected chi connectivity index (χ0v) is 16.7. The van der Waals surface area contributed by atoms with Crippen LogP contribution in [0.1, 0.15) is 40.7 Å². The van der Waals surface area contributed by atoms with Crippen molar-refractivity contribution in [2.75, 3.05) is 20.1 Å². The maximum atomic E-state index is 12.7. The summed E-state index contributed by atoms with van der Waals surface area (Å²) in [6, 6.07) is 14.3. The second kappa shape index (κ2) is 8.23. The minimum Gasteiger partial charge on any atom is -0.337 e. The van der Waals surface area contributed by atoms with E-state index in [4.69, 9.17) is 0 Å². The summed E-state index contributed by atoms with van der Waals surface area (Å²) in [7, 11) is -1.72. The van der Waals surface area contributed by atoms with Gasteiger partial charge in [0.25, 0.3) is 5.91 Å². The van der Waals surface area contributed by atoms with Gasteiger partial charge in [-0.05, 0) is 49.6 Å². The van der Waals surface area contributed by atoms with Crippen LogP contribution >= 0.6 is 0 Å². The molecule has 0 unspecified atom stereocenters. The van der Waals surface area contributed by atoms with E-state index in [0.29, 0.717) is 25.2 Å². The second-order valence-electron chi connectivity index (χ2n) is 7.14. The van der Waals surface area contributed by atoms with Crippen LogP contribution in [0.5, 0.6) is 0 Å². The van der Waals surface area contributed by atoms with E-state index in [1.165, 1.54) is 22.0 Å². The molecule has 27 heavy (non-hydrogen) atoms. The molecule has 1 fully saturated rings. The number of aryl methyl sites for hydroxylation is 1. The first-order chi connectivity index (χ1) is 12.9. The molecule has 1 aliphatic heterocycles. The number of carbonyl (C=O) groups is 1. The molecular weight excluding hydrogens is 360 g/mol. The zero-order chi connectivity index (χ0) is 19.4. The molecule has 0 bridgehead atoms. The van der Waals surface area contributed by atoms with Crippen LogP contribution in [0.2, 0.25) is 0 Å². The average Bonchev–Trinajstić information content (AvgIpc) is 2.70. The largest absolute Gasteiger partial charge is 0.337 e. The predicted molar refractivity (Wildman–Crippen MR) is 106 cm³/mol. The maximum Gasteiger partial charge on any atom is 0.253 e. The van der Waals surface area contributed by atoms with E-state index in [1.54, 1.807) is 24.1 Å².